The maximum atomic E-state index is 13.1. The Labute approximate surface area is 73.9 Å². The SMILES string of the molecule is CC(C)CN1CC[C@H](N)[C@H](F)C1. The van der Waals surface area contributed by atoms with Crippen molar-refractivity contribution in [1.82, 2.24) is 4.90 Å². The van der Waals surface area contributed by atoms with Crippen molar-refractivity contribution in [3.8, 4) is 0 Å². The quantitative estimate of drug-likeness (QED) is 0.677. The molecule has 0 amide bonds. The van der Waals surface area contributed by atoms with Gasteiger partial charge < -0.3 is 10.6 Å². The molecule has 0 bridgehead atoms. The zero-order valence-electron chi connectivity index (χ0n) is 7.96. The molecule has 0 unspecified atom stereocenters. The normalized spacial score (nSPS) is 32.8. The maximum Gasteiger partial charge on any atom is 0.128 e. The fourth-order valence-corrected chi connectivity index (χ4v) is 1.67. The van der Waals surface area contributed by atoms with Gasteiger partial charge in [0.1, 0.15) is 6.17 Å². The molecule has 12 heavy (non-hydrogen) atoms. The first-order valence-corrected chi connectivity index (χ1v) is 4.71. The van der Waals surface area contributed by atoms with Crippen molar-refractivity contribution in [2.24, 2.45) is 11.7 Å². The molecular weight excluding hydrogens is 155 g/mol. The lowest BCUT2D eigenvalue weighted by atomic mass is 10.0. The minimum absolute atomic E-state index is 0.228. The molecule has 0 radical (unpaired) electrons. The zero-order chi connectivity index (χ0) is 9.14. The second-order valence-corrected chi connectivity index (χ2v) is 4.12. The molecule has 1 rings (SSSR count). The Bertz CT molecular complexity index is 138. The highest BCUT2D eigenvalue weighted by Gasteiger charge is 2.26. The second kappa shape index (κ2) is 4.19. The monoisotopic (exact) mass is 174 g/mol. The van der Waals surface area contributed by atoms with Crippen molar-refractivity contribution in [3.63, 3.8) is 0 Å². The molecule has 2 atom stereocenters. The molecule has 1 fully saturated rings. The number of nitrogens with zero attached hydrogens (tertiary/aromatic N) is 1. The van der Waals surface area contributed by atoms with E-state index in [2.05, 4.69) is 18.7 Å². The second-order valence-electron chi connectivity index (χ2n) is 4.12. The topological polar surface area (TPSA) is 29.3 Å². The lowest BCUT2D eigenvalue weighted by Gasteiger charge is -2.33. The van der Waals surface area contributed by atoms with Gasteiger partial charge in [-0.3, -0.25) is 0 Å². The third-order valence-corrected chi connectivity index (χ3v) is 2.30. The van der Waals surface area contributed by atoms with Crippen molar-refractivity contribution in [3.05, 3.63) is 0 Å². The van der Waals surface area contributed by atoms with Gasteiger partial charge in [-0.25, -0.2) is 4.39 Å². The van der Waals surface area contributed by atoms with Crippen LogP contribution in [0.4, 0.5) is 4.39 Å². The molecule has 1 aliphatic heterocycles. The molecule has 1 heterocycles. The third kappa shape index (κ3) is 2.72. The first kappa shape index (κ1) is 9.93. The van der Waals surface area contributed by atoms with Crippen molar-refractivity contribution in [2.45, 2.75) is 32.5 Å². The number of alkyl halides is 1. The van der Waals surface area contributed by atoms with Crippen molar-refractivity contribution in [2.75, 3.05) is 19.6 Å². The number of hydrogen-bond donors (Lipinski definition) is 1. The smallest absolute Gasteiger partial charge is 0.128 e. The molecule has 2 nitrogen and oxygen atoms in total. The van der Waals surface area contributed by atoms with Gasteiger partial charge in [-0.05, 0) is 18.9 Å². The third-order valence-electron chi connectivity index (χ3n) is 2.30. The van der Waals surface area contributed by atoms with Crippen LogP contribution >= 0.6 is 0 Å². The van der Waals surface area contributed by atoms with Crippen LogP contribution in [-0.4, -0.2) is 36.7 Å². The van der Waals surface area contributed by atoms with Crippen LogP contribution in [0.5, 0.6) is 0 Å². The van der Waals surface area contributed by atoms with Crippen LogP contribution in [-0.2, 0) is 0 Å². The molecule has 0 aliphatic carbocycles. The summed E-state index contributed by atoms with van der Waals surface area (Å²) in [5, 5.41) is 0. The standard InChI is InChI=1S/C9H19FN2/c1-7(2)5-12-4-3-9(11)8(10)6-12/h7-9H,3-6,11H2,1-2H3/t8-,9+/m1/s1. The molecule has 0 aromatic heterocycles. The van der Waals surface area contributed by atoms with Crippen LogP contribution in [0.2, 0.25) is 0 Å². The van der Waals surface area contributed by atoms with Crippen LogP contribution < -0.4 is 5.73 Å². The number of hydrogen-bond acceptors (Lipinski definition) is 2. The van der Waals surface area contributed by atoms with Gasteiger partial charge in [-0.15, -0.1) is 0 Å². The van der Waals surface area contributed by atoms with Crippen molar-refractivity contribution in [1.29, 1.82) is 0 Å². The Morgan fingerprint density at radius 2 is 2.25 bits per heavy atom. The molecule has 1 saturated heterocycles. The first-order valence-electron chi connectivity index (χ1n) is 4.71. The van der Waals surface area contributed by atoms with Gasteiger partial charge in [0.25, 0.3) is 0 Å². The molecule has 1 aliphatic rings. The molecule has 0 aromatic rings. The number of piperidine rings is 1. The van der Waals surface area contributed by atoms with E-state index in [9.17, 15) is 4.39 Å². The summed E-state index contributed by atoms with van der Waals surface area (Å²) in [6.07, 6.45) is -0.0223. The van der Waals surface area contributed by atoms with Gasteiger partial charge in [0, 0.05) is 19.1 Å². The summed E-state index contributed by atoms with van der Waals surface area (Å²) in [7, 11) is 0. The highest BCUT2D eigenvalue weighted by atomic mass is 19.1. The van der Waals surface area contributed by atoms with Gasteiger partial charge in [0.15, 0.2) is 0 Å². The highest BCUT2D eigenvalue weighted by molar-refractivity contribution is 4.82. The van der Waals surface area contributed by atoms with E-state index in [0.29, 0.717) is 12.5 Å². The summed E-state index contributed by atoms with van der Waals surface area (Å²) in [6, 6.07) is -0.228. The summed E-state index contributed by atoms with van der Waals surface area (Å²) in [5.74, 6) is 0.617. The van der Waals surface area contributed by atoms with Gasteiger partial charge in [0.05, 0.1) is 0 Å². The first-order chi connectivity index (χ1) is 5.59. The largest absolute Gasteiger partial charge is 0.325 e. The van der Waals surface area contributed by atoms with Crippen molar-refractivity contribution >= 4 is 0 Å². The lowest BCUT2D eigenvalue weighted by Crippen LogP contribution is -2.49. The average molecular weight is 174 g/mol. The lowest BCUT2D eigenvalue weighted by molar-refractivity contribution is 0.110. The summed E-state index contributed by atoms with van der Waals surface area (Å²) in [6.45, 7) is 6.79. The van der Waals surface area contributed by atoms with Crippen LogP contribution in [0.3, 0.4) is 0 Å². The van der Waals surface area contributed by atoms with Gasteiger partial charge in [-0.2, -0.15) is 0 Å². The Morgan fingerprint density at radius 3 is 2.75 bits per heavy atom. The van der Waals surface area contributed by atoms with E-state index >= 15 is 0 Å². The van der Waals surface area contributed by atoms with E-state index in [4.69, 9.17) is 5.73 Å². The van der Waals surface area contributed by atoms with Crippen LogP contribution in [0, 0.1) is 5.92 Å². The van der Waals surface area contributed by atoms with E-state index < -0.39 is 6.17 Å². The predicted octanol–water partition coefficient (Wildman–Crippen LogP) is 1.01. The molecule has 0 saturated carbocycles. The Hall–Kier alpha value is -0.150. The Balaban J connectivity index is 2.30. The molecule has 72 valence electrons. The molecule has 0 aromatic carbocycles. The Kier molecular flexibility index (Phi) is 3.47. The number of likely N-dealkylation sites (tertiary alicyclic amines) is 1. The van der Waals surface area contributed by atoms with Crippen LogP contribution in [0.1, 0.15) is 20.3 Å². The highest BCUT2D eigenvalue weighted by Crippen LogP contribution is 2.13. The van der Waals surface area contributed by atoms with E-state index in [1.54, 1.807) is 0 Å². The molecule has 2 N–H and O–H groups in total. The molecular formula is C9H19FN2. The summed E-state index contributed by atoms with van der Waals surface area (Å²) in [4.78, 5) is 2.17. The summed E-state index contributed by atoms with van der Waals surface area (Å²) in [5.41, 5.74) is 5.57. The number of rotatable bonds is 2. The summed E-state index contributed by atoms with van der Waals surface area (Å²) >= 11 is 0. The number of nitrogens with two attached hydrogens (primary N) is 1. The Morgan fingerprint density at radius 1 is 1.58 bits per heavy atom. The fourth-order valence-electron chi connectivity index (χ4n) is 1.67. The van der Waals surface area contributed by atoms with Gasteiger partial charge in [0.2, 0.25) is 0 Å². The van der Waals surface area contributed by atoms with E-state index in [1.165, 1.54) is 0 Å². The van der Waals surface area contributed by atoms with E-state index in [1.807, 2.05) is 0 Å². The predicted molar refractivity (Wildman–Crippen MR) is 48.8 cm³/mol. The van der Waals surface area contributed by atoms with Gasteiger partial charge in [-0.1, -0.05) is 13.8 Å². The minimum atomic E-state index is -0.822. The summed E-state index contributed by atoms with van der Waals surface area (Å²) < 4.78 is 13.1. The fraction of sp³-hybridized carbons (Fsp3) is 1.00. The van der Waals surface area contributed by atoms with Crippen molar-refractivity contribution < 1.29 is 4.39 Å². The number of halogens is 1. The van der Waals surface area contributed by atoms with Gasteiger partial charge >= 0.3 is 0 Å². The van der Waals surface area contributed by atoms with Crippen LogP contribution in [0.25, 0.3) is 0 Å². The van der Waals surface area contributed by atoms with E-state index in [-0.39, 0.29) is 6.04 Å². The minimum Gasteiger partial charge on any atom is -0.325 e. The van der Waals surface area contributed by atoms with Crippen LogP contribution in [0.15, 0.2) is 0 Å². The zero-order valence-corrected chi connectivity index (χ0v) is 7.96. The molecule has 0 spiro atoms. The maximum absolute atomic E-state index is 13.1. The average Bonchev–Trinajstić information content (AvgIpc) is 1.96. The molecule has 3 heteroatoms. The van der Waals surface area contributed by atoms with E-state index in [0.717, 1.165) is 19.5 Å².